The maximum absolute atomic E-state index is 13.1. The van der Waals surface area contributed by atoms with Crippen molar-refractivity contribution in [2.45, 2.75) is 110 Å². The summed E-state index contributed by atoms with van der Waals surface area (Å²) >= 11 is 0. The Morgan fingerprint density at radius 3 is 2.52 bits per heavy atom. The fraction of sp³-hybridized carbons (Fsp3) is 0.645. The Kier molecular flexibility index (Phi) is 10.6. The maximum Gasteiger partial charge on any atom is 0.330 e. The van der Waals surface area contributed by atoms with Crippen LogP contribution in [-0.4, -0.2) is 65.3 Å². The molecule has 11 heteroatoms. The van der Waals surface area contributed by atoms with Gasteiger partial charge in [-0.3, -0.25) is 14.4 Å². The van der Waals surface area contributed by atoms with Gasteiger partial charge in [0.2, 0.25) is 11.8 Å². The lowest BCUT2D eigenvalue weighted by atomic mass is 9.85. The van der Waals surface area contributed by atoms with Crippen LogP contribution in [-0.2, 0) is 33.4 Å². The van der Waals surface area contributed by atoms with Gasteiger partial charge in [0.05, 0.1) is 19.0 Å². The number of hydrogen-bond donors (Lipinski definition) is 1. The van der Waals surface area contributed by atoms with Gasteiger partial charge >= 0.3 is 11.9 Å². The highest BCUT2D eigenvalue weighted by molar-refractivity contribution is 5.86. The highest BCUT2D eigenvalue weighted by Gasteiger charge is 2.49. The Hall–Kier alpha value is -3.65. The first kappa shape index (κ1) is 32.9. The van der Waals surface area contributed by atoms with E-state index < -0.39 is 54.0 Å². The molecule has 0 aromatic heterocycles. The number of fused-ring (bicyclic) bond motifs is 1. The molecule has 2 heterocycles. The second kappa shape index (κ2) is 13.6. The Morgan fingerprint density at radius 1 is 1.21 bits per heavy atom. The number of nitrogens with zero attached hydrogens (tertiary/aromatic N) is 2. The van der Waals surface area contributed by atoms with Gasteiger partial charge in [0.1, 0.15) is 29.1 Å². The molecule has 1 saturated heterocycles. The van der Waals surface area contributed by atoms with Crippen LogP contribution in [0.4, 0.5) is 5.69 Å². The summed E-state index contributed by atoms with van der Waals surface area (Å²) in [5.74, 6) is -1.02. The van der Waals surface area contributed by atoms with E-state index in [1.165, 1.54) is 0 Å². The Balaban J connectivity index is 1.70. The van der Waals surface area contributed by atoms with E-state index in [1.54, 1.807) is 43.9 Å². The average molecular weight is 586 g/mol. The lowest BCUT2D eigenvalue weighted by Crippen LogP contribution is -2.55. The fourth-order valence-corrected chi connectivity index (χ4v) is 5.23. The minimum absolute atomic E-state index is 0.0199. The summed E-state index contributed by atoms with van der Waals surface area (Å²) in [6.07, 6.45) is 0.501. The van der Waals surface area contributed by atoms with E-state index in [4.69, 9.17) is 25.5 Å². The fourth-order valence-electron chi connectivity index (χ4n) is 5.23. The van der Waals surface area contributed by atoms with Crippen molar-refractivity contribution in [1.29, 1.82) is 0 Å². The van der Waals surface area contributed by atoms with E-state index in [0.29, 0.717) is 42.8 Å². The second-order valence-electron chi connectivity index (χ2n) is 12.7. The quantitative estimate of drug-likeness (QED) is 0.227. The molecule has 230 valence electrons. The lowest BCUT2D eigenvalue weighted by Gasteiger charge is -2.47. The number of carbonyl (C=O) groups is 4. The number of nitrogens with one attached hydrogen (secondary N) is 1. The molecule has 0 aliphatic carbocycles. The van der Waals surface area contributed by atoms with Crippen molar-refractivity contribution in [1.82, 2.24) is 10.2 Å². The van der Waals surface area contributed by atoms with E-state index in [2.05, 4.69) is 10.2 Å². The van der Waals surface area contributed by atoms with E-state index in [-0.39, 0.29) is 24.7 Å². The van der Waals surface area contributed by atoms with Crippen molar-refractivity contribution >= 4 is 29.4 Å². The topological polar surface area (TPSA) is 125 Å². The highest BCUT2D eigenvalue weighted by atomic mass is 16.7. The molecule has 0 saturated carbocycles. The molecule has 2 aliphatic rings. The Bertz CT molecular complexity index is 1210. The molecular weight excluding hydrogens is 542 g/mol. The summed E-state index contributed by atoms with van der Waals surface area (Å²) in [4.78, 5) is 55.8. The van der Waals surface area contributed by atoms with Crippen LogP contribution in [0, 0.1) is 12.5 Å². The van der Waals surface area contributed by atoms with Gasteiger partial charge in [-0.05, 0) is 65.5 Å². The summed E-state index contributed by atoms with van der Waals surface area (Å²) < 4.78 is 23.1. The monoisotopic (exact) mass is 585 g/mol. The van der Waals surface area contributed by atoms with Gasteiger partial charge in [-0.25, -0.2) is 9.64 Å². The number of carbonyl (C=O) groups excluding carboxylic acids is 4. The molecule has 0 radical (unpaired) electrons. The molecule has 2 amide bonds. The predicted octanol–water partition coefficient (Wildman–Crippen LogP) is 4.61. The van der Waals surface area contributed by atoms with Crippen molar-refractivity contribution in [3.63, 3.8) is 0 Å². The zero-order valence-corrected chi connectivity index (χ0v) is 25.7. The van der Waals surface area contributed by atoms with Gasteiger partial charge < -0.3 is 29.2 Å². The minimum atomic E-state index is -0.937. The molecule has 1 N–H and O–H groups in total. The van der Waals surface area contributed by atoms with Crippen LogP contribution in [0.3, 0.4) is 0 Å². The molecule has 1 aromatic carbocycles. The van der Waals surface area contributed by atoms with E-state index >= 15 is 0 Å². The molecule has 0 spiro atoms. The number of amides is 2. The SMILES string of the molecule is [C-]#[N+]c1ccc2c(c1)[C@@H](N1CCCC1=O)[C@H](OCOC(=O)[C@H](CC(C)C)NC(=O)CCC(=O)OC(C)(C)C)C(C)(C)O2. The number of rotatable bonds is 11. The van der Waals surface area contributed by atoms with Crippen LogP contribution in [0.5, 0.6) is 5.75 Å². The van der Waals surface area contributed by atoms with E-state index in [0.717, 1.165) is 0 Å². The van der Waals surface area contributed by atoms with Crippen LogP contribution in [0.1, 0.15) is 92.2 Å². The van der Waals surface area contributed by atoms with Gasteiger partial charge in [-0.2, -0.15) is 0 Å². The Labute approximate surface area is 248 Å². The number of esters is 2. The van der Waals surface area contributed by atoms with Gasteiger partial charge in [0.25, 0.3) is 0 Å². The first-order chi connectivity index (χ1) is 19.6. The molecule has 3 atom stereocenters. The standard InChI is InChI=1S/C31H43N3O8/c1-19(2)16-22(33-24(35)13-14-26(37)42-30(3,4)5)29(38)40-18-39-28-27(34-15-9-10-25(34)36)21-17-20(32-8)11-12-23(21)41-31(28,6)7/h11-12,17,19,22,27-28H,9-10,13-16,18H2,1-7H3,(H,33,35)/t22-,27+,28-/m0/s1. The van der Waals surface area contributed by atoms with Gasteiger partial charge in [-0.15, -0.1) is 0 Å². The first-order valence-corrected chi connectivity index (χ1v) is 14.4. The molecule has 3 rings (SSSR count). The van der Waals surface area contributed by atoms with Crippen LogP contribution >= 0.6 is 0 Å². The molecular formula is C31H43N3O8. The summed E-state index contributed by atoms with van der Waals surface area (Å²) in [6.45, 7) is 20.3. The summed E-state index contributed by atoms with van der Waals surface area (Å²) in [7, 11) is 0. The average Bonchev–Trinajstić information content (AvgIpc) is 3.30. The van der Waals surface area contributed by atoms with Crippen LogP contribution in [0.15, 0.2) is 18.2 Å². The second-order valence-corrected chi connectivity index (χ2v) is 12.7. The molecule has 2 aliphatic heterocycles. The third kappa shape index (κ3) is 8.68. The molecule has 0 bridgehead atoms. The van der Waals surface area contributed by atoms with Gasteiger partial charge in [0.15, 0.2) is 12.5 Å². The summed E-state index contributed by atoms with van der Waals surface area (Å²) in [6, 6.07) is 3.63. The molecule has 0 unspecified atom stereocenters. The maximum atomic E-state index is 13.1. The van der Waals surface area contributed by atoms with Gasteiger partial charge in [0, 0.05) is 24.9 Å². The van der Waals surface area contributed by atoms with Crippen LogP contribution < -0.4 is 10.1 Å². The molecule has 1 fully saturated rings. The Morgan fingerprint density at radius 2 is 1.93 bits per heavy atom. The zero-order chi connectivity index (χ0) is 31.2. The van der Waals surface area contributed by atoms with Crippen molar-refractivity contribution in [3.05, 3.63) is 35.2 Å². The van der Waals surface area contributed by atoms with Crippen LogP contribution in [0.25, 0.3) is 4.85 Å². The zero-order valence-electron chi connectivity index (χ0n) is 25.7. The van der Waals surface area contributed by atoms with Crippen molar-refractivity contribution in [2.24, 2.45) is 5.92 Å². The lowest BCUT2D eigenvalue weighted by molar-refractivity contribution is -0.190. The molecule has 42 heavy (non-hydrogen) atoms. The first-order valence-electron chi connectivity index (χ1n) is 14.4. The van der Waals surface area contributed by atoms with Crippen molar-refractivity contribution in [2.75, 3.05) is 13.3 Å². The van der Waals surface area contributed by atoms with E-state index in [9.17, 15) is 19.2 Å². The third-order valence-electron chi connectivity index (χ3n) is 6.98. The third-order valence-corrected chi connectivity index (χ3v) is 6.98. The molecule has 1 aromatic rings. The van der Waals surface area contributed by atoms with E-state index in [1.807, 2.05) is 27.7 Å². The normalized spacial score (nSPS) is 20.3. The number of likely N-dealkylation sites (tertiary alicyclic amines) is 1. The van der Waals surface area contributed by atoms with Crippen LogP contribution in [0.2, 0.25) is 0 Å². The highest BCUT2D eigenvalue weighted by Crippen LogP contribution is 2.46. The number of benzene rings is 1. The van der Waals surface area contributed by atoms with Crippen molar-refractivity contribution < 1.29 is 38.1 Å². The number of ether oxygens (including phenoxy) is 4. The summed E-state index contributed by atoms with van der Waals surface area (Å²) in [5.41, 5.74) is -0.473. The number of hydrogen-bond acceptors (Lipinski definition) is 8. The summed E-state index contributed by atoms with van der Waals surface area (Å²) in [5, 5.41) is 2.67. The smallest absolute Gasteiger partial charge is 0.330 e. The predicted molar refractivity (Wildman–Crippen MR) is 153 cm³/mol. The minimum Gasteiger partial charge on any atom is -0.485 e. The van der Waals surface area contributed by atoms with Gasteiger partial charge in [-0.1, -0.05) is 19.9 Å². The molecule has 11 nitrogen and oxygen atoms in total. The largest absolute Gasteiger partial charge is 0.485 e. The van der Waals surface area contributed by atoms with Crippen molar-refractivity contribution in [3.8, 4) is 5.75 Å².